The average molecular weight is 403 g/mol. The largest absolute Gasteiger partial charge is 0.457 e. The monoisotopic (exact) mass is 403 g/mol. The van der Waals surface area contributed by atoms with E-state index in [1.54, 1.807) is 25.1 Å². The van der Waals surface area contributed by atoms with Gasteiger partial charge in [-0.2, -0.15) is 0 Å². The summed E-state index contributed by atoms with van der Waals surface area (Å²) in [4.78, 5) is 11.9. The Hall–Kier alpha value is -3.24. The maximum atomic E-state index is 14.3. The molecule has 3 nitrogen and oxygen atoms in total. The number of ether oxygens (including phenoxy) is 1. The van der Waals surface area contributed by atoms with Crippen molar-refractivity contribution in [2.45, 2.75) is 26.4 Å². The third-order valence-electron chi connectivity index (χ3n) is 4.93. The first-order valence-corrected chi connectivity index (χ1v) is 9.99. The lowest BCUT2D eigenvalue weighted by atomic mass is 9.94. The van der Waals surface area contributed by atoms with Crippen molar-refractivity contribution in [2.75, 3.05) is 6.54 Å². The van der Waals surface area contributed by atoms with Crippen molar-refractivity contribution >= 4 is 5.97 Å². The molecule has 154 valence electrons. The van der Waals surface area contributed by atoms with Crippen LogP contribution in [0.15, 0.2) is 78.9 Å². The Labute approximate surface area is 177 Å². The van der Waals surface area contributed by atoms with Gasteiger partial charge in [0.25, 0.3) is 0 Å². The lowest BCUT2D eigenvalue weighted by Gasteiger charge is -2.14. The summed E-state index contributed by atoms with van der Waals surface area (Å²) in [6.07, 6.45) is 1.88. The fourth-order valence-corrected chi connectivity index (χ4v) is 3.28. The van der Waals surface area contributed by atoms with E-state index >= 15 is 0 Å². The number of carbonyl (C=O) groups is 1. The number of aryl methyl sites for hydroxylation is 1. The van der Waals surface area contributed by atoms with Crippen molar-refractivity contribution in [3.8, 4) is 22.3 Å². The zero-order chi connectivity index (χ0) is 21.5. The molecule has 0 aliphatic carbocycles. The van der Waals surface area contributed by atoms with E-state index < -0.39 is 5.97 Å². The predicted molar refractivity (Wildman–Crippen MR) is 119 cm³/mol. The molecule has 0 amide bonds. The Bertz CT molecular complexity index is 1040. The van der Waals surface area contributed by atoms with Gasteiger partial charge in [0.2, 0.25) is 0 Å². The normalized spacial score (nSPS) is 10.6. The van der Waals surface area contributed by atoms with Gasteiger partial charge in [0.1, 0.15) is 12.4 Å². The lowest BCUT2D eigenvalue weighted by Crippen LogP contribution is -2.06. The molecule has 0 atom stereocenters. The number of halogens is 1. The molecule has 3 aromatic rings. The molecule has 0 fully saturated rings. The molecular weight excluding hydrogens is 377 g/mol. The zero-order valence-corrected chi connectivity index (χ0v) is 17.2. The number of rotatable bonds is 8. The van der Waals surface area contributed by atoms with E-state index in [9.17, 15) is 9.18 Å². The molecule has 0 aliphatic rings. The SMILES string of the molecule is C=C(C)C(=O)OCc1cc(-c2ccccc2F)ccc1-c1ccc(CCCN)cc1. The summed E-state index contributed by atoms with van der Waals surface area (Å²) < 4.78 is 19.7. The van der Waals surface area contributed by atoms with E-state index in [2.05, 4.69) is 18.7 Å². The average Bonchev–Trinajstić information content (AvgIpc) is 2.76. The summed E-state index contributed by atoms with van der Waals surface area (Å²) in [5, 5.41) is 0. The van der Waals surface area contributed by atoms with Gasteiger partial charge in [-0.15, -0.1) is 0 Å². The molecule has 0 saturated heterocycles. The smallest absolute Gasteiger partial charge is 0.333 e. The highest BCUT2D eigenvalue weighted by Crippen LogP contribution is 2.31. The molecule has 30 heavy (non-hydrogen) atoms. The van der Waals surface area contributed by atoms with Gasteiger partial charge in [-0.25, -0.2) is 9.18 Å². The van der Waals surface area contributed by atoms with Crippen LogP contribution < -0.4 is 5.73 Å². The third kappa shape index (κ3) is 5.22. The van der Waals surface area contributed by atoms with Crippen molar-refractivity contribution in [3.63, 3.8) is 0 Å². The fraction of sp³-hybridized carbons (Fsp3) is 0.192. The Kier molecular flexibility index (Phi) is 7.15. The number of benzene rings is 3. The van der Waals surface area contributed by atoms with Crippen LogP contribution in [0.3, 0.4) is 0 Å². The molecule has 4 heteroatoms. The second-order valence-corrected chi connectivity index (χ2v) is 7.30. The number of nitrogens with two attached hydrogens (primary N) is 1. The first-order chi connectivity index (χ1) is 14.5. The van der Waals surface area contributed by atoms with Gasteiger partial charge in [-0.05, 0) is 66.3 Å². The van der Waals surface area contributed by atoms with Crippen LogP contribution in [0, 0.1) is 5.82 Å². The van der Waals surface area contributed by atoms with E-state index in [0.717, 1.165) is 35.1 Å². The van der Waals surface area contributed by atoms with Crippen LogP contribution in [0.1, 0.15) is 24.5 Å². The first kappa shape index (κ1) is 21.5. The molecule has 0 unspecified atom stereocenters. The van der Waals surface area contributed by atoms with E-state index in [0.29, 0.717) is 17.7 Å². The summed E-state index contributed by atoms with van der Waals surface area (Å²) in [5.74, 6) is -0.742. The van der Waals surface area contributed by atoms with E-state index in [-0.39, 0.29) is 12.4 Å². The number of esters is 1. The maximum absolute atomic E-state index is 14.3. The van der Waals surface area contributed by atoms with Crippen molar-refractivity contribution in [1.29, 1.82) is 0 Å². The molecule has 0 spiro atoms. The van der Waals surface area contributed by atoms with Gasteiger partial charge in [-0.3, -0.25) is 0 Å². The highest BCUT2D eigenvalue weighted by molar-refractivity contribution is 5.87. The van der Waals surface area contributed by atoms with Gasteiger partial charge < -0.3 is 10.5 Å². The Morgan fingerprint density at radius 2 is 1.70 bits per heavy atom. The number of carbonyl (C=O) groups excluding carboxylic acids is 1. The lowest BCUT2D eigenvalue weighted by molar-refractivity contribution is -0.140. The van der Waals surface area contributed by atoms with Crippen LogP contribution >= 0.6 is 0 Å². The molecule has 3 rings (SSSR count). The Balaban J connectivity index is 1.97. The van der Waals surface area contributed by atoms with Gasteiger partial charge in [0, 0.05) is 11.1 Å². The minimum Gasteiger partial charge on any atom is -0.457 e. The molecule has 3 aromatic carbocycles. The minimum absolute atomic E-state index is 0.0816. The summed E-state index contributed by atoms with van der Waals surface area (Å²) in [6.45, 7) is 5.98. The minimum atomic E-state index is -0.450. The first-order valence-electron chi connectivity index (χ1n) is 9.99. The van der Waals surface area contributed by atoms with Crippen molar-refractivity contribution in [3.05, 3.63) is 95.8 Å². The van der Waals surface area contributed by atoms with Gasteiger partial charge in [0.15, 0.2) is 0 Å². The molecule has 2 N–H and O–H groups in total. The molecule has 0 saturated carbocycles. The second kappa shape index (κ2) is 9.99. The van der Waals surface area contributed by atoms with Crippen LogP contribution in [-0.2, 0) is 22.6 Å². The van der Waals surface area contributed by atoms with Crippen LogP contribution in [-0.4, -0.2) is 12.5 Å². The second-order valence-electron chi connectivity index (χ2n) is 7.30. The fourth-order valence-electron chi connectivity index (χ4n) is 3.28. The Morgan fingerprint density at radius 3 is 2.37 bits per heavy atom. The van der Waals surface area contributed by atoms with Gasteiger partial charge in [0.05, 0.1) is 0 Å². The maximum Gasteiger partial charge on any atom is 0.333 e. The molecule has 0 aromatic heterocycles. The van der Waals surface area contributed by atoms with Crippen molar-refractivity contribution in [2.24, 2.45) is 5.73 Å². The van der Waals surface area contributed by atoms with Crippen molar-refractivity contribution in [1.82, 2.24) is 0 Å². The van der Waals surface area contributed by atoms with Crippen LogP contribution in [0.25, 0.3) is 22.3 Å². The molecule has 0 heterocycles. The van der Waals surface area contributed by atoms with Crippen LogP contribution in [0.4, 0.5) is 4.39 Å². The van der Waals surface area contributed by atoms with Crippen LogP contribution in [0.5, 0.6) is 0 Å². The number of hydrogen-bond donors (Lipinski definition) is 1. The van der Waals surface area contributed by atoms with Gasteiger partial charge >= 0.3 is 5.97 Å². The summed E-state index contributed by atoms with van der Waals surface area (Å²) in [6, 6.07) is 20.6. The zero-order valence-electron chi connectivity index (χ0n) is 17.2. The third-order valence-corrected chi connectivity index (χ3v) is 4.93. The van der Waals surface area contributed by atoms with Crippen LogP contribution in [0.2, 0.25) is 0 Å². The molecule has 0 aliphatic heterocycles. The summed E-state index contributed by atoms with van der Waals surface area (Å²) >= 11 is 0. The van der Waals surface area contributed by atoms with Crippen molar-refractivity contribution < 1.29 is 13.9 Å². The molecular formula is C26H26FNO2. The van der Waals surface area contributed by atoms with Gasteiger partial charge in [-0.1, -0.05) is 61.2 Å². The molecule has 0 bridgehead atoms. The summed E-state index contributed by atoms with van der Waals surface area (Å²) in [7, 11) is 0. The number of hydrogen-bond acceptors (Lipinski definition) is 3. The van der Waals surface area contributed by atoms with E-state index in [4.69, 9.17) is 10.5 Å². The van der Waals surface area contributed by atoms with E-state index in [1.807, 2.05) is 30.3 Å². The predicted octanol–water partition coefficient (Wildman–Crippen LogP) is 5.67. The quantitative estimate of drug-likeness (QED) is 0.389. The van der Waals surface area contributed by atoms with E-state index in [1.165, 1.54) is 11.6 Å². The molecule has 0 radical (unpaired) electrons. The highest BCUT2D eigenvalue weighted by atomic mass is 19.1. The summed E-state index contributed by atoms with van der Waals surface area (Å²) in [5.41, 5.74) is 11.2. The highest BCUT2D eigenvalue weighted by Gasteiger charge is 2.13. The standard InChI is InChI=1S/C26H26FNO2/c1-18(2)26(29)30-17-22-16-21(24-7-3-4-8-25(24)27)13-14-23(22)20-11-9-19(10-12-20)6-5-15-28/h3-4,7-14,16H,1,5-6,15,17,28H2,2H3. The topological polar surface area (TPSA) is 52.3 Å². The Morgan fingerprint density at radius 1 is 1.00 bits per heavy atom.